The van der Waals surface area contributed by atoms with Gasteiger partial charge >= 0.3 is 0 Å². The third-order valence-electron chi connectivity index (χ3n) is 10.4. The lowest BCUT2D eigenvalue weighted by atomic mass is 9.78. The molecule has 0 amide bonds. The van der Waals surface area contributed by atoms with Gasteiger partial charge in [0, 0.05) is 24.7 Å². The van der Waals surface area contributed by atoms with E-state index in [0.29, 0.717) is 58.9 Å². The molecule has 0 N–H and O–H groups in total. The van der Waals surface area contributed by atoms with Crippen LogP contribution in [0.4, 0.5) is 0 Å². The maximum absolute atomic E-state index is 12.1. The Morgan fingerprint density at radius 2 is 0.906 bits per heavy atom. The van der Waals surface area contributed by atoms with Crippen LogP contribution in [0, 0.1) is 71.0 Å². The molecule has 2 heteroatoms. The van der Waals surface area contributed by atoms with Crippen LogP contribution < -0.4 is 0 Å². The number of rotatable bonds is 2. The van der Waals surface area contributed by atoms with Gasteiger partial charge in [0.25, 0.3) is 0 Å². The molecule has 32 heavy (non-hydrogen) atoms. The van der Waals surface area contributed by atoms with E-state index in [4.69, 9.17) is 0 Å². The SMILES string of the molecule is CC(C)[C@@H]1CC[C@H](C)[C@@H]2C(=O)C[C@H](C)[C@H]2C1.CC(C)[C@@H]1CC[C@H](C)[C@H]2C(=O)C[C@H](C)[C@@H]2C1. The summed E-state index contributed by atoms with van der Waals surface area (Å²) in [5, 5.41) is 0. The summed E-state index contributed by atoms with van der Waals surface area (Å²) in [6, 6.07) is 0. The molecule has 0 spiro atoms. The summed E-state index contributed by atoms with van der Waals surface area (Å²) in [5.74, 6) is 9.13. The Hall–Kier alpha value is -0.660. The van der Waals surface area contributed by atoms with Crippen molar-refractivity contribution in [2.45, 2.75) is 107 Å². The summed E-state index contributed by atoms with van der Waals surface area (Å²) in [4.78, 5) is 24.1. The molecule has 4 fully saturated rings. The maximum atomic E-state index is 12.1. The van der Waals surface area contributed by atoms with Crippen molar-refractivity contribution >= 4 is 11.6 Å². The van der Waals surface area contributed by atoms with Gasteiger partial charge < -0.3 is 0 Å². The minimum absolute atomic E-state index is 0.402. The van der Waals surface area contributed by atoms with Crippen molar-refractivity contribution in [1.82, 2.24) is 0 Å². The highest BCUT2D eigenvalue weighted by Gasteiger charge is 2.46. The molecule has 10 atom stereocenters. The molecule has 184 valence electrons. The van der Waals surface area contributed by atoms with Crippen LogP contribution in [0.2, 0.25) is 0 Å². The fourth-order valence-electron chi connectivity index (χ4n) is 8.09. The predicted octanol–water partition coefficient (Wildman–Crippen LogP) is 7.84. The maximum Gasteiger partial charge on any atom is 0.136 e. The van der Waals surface area contributed by atoms with E-state index in [1.807, 2.05) is 0 Å². The van der Waals surface area contributed by atoms with Crippen LogP contribution in [0.5, 0.6) is 0 Å². The van der Waals surface area contributed by atoms with E-state index in [-0.39, 0.29) is 0 Å². The van der Waals surface area contributed by atoms with Gasteiger partial charge in [0.15, 0.2) is 0 Å². The van der Waals surface area contributed by atoms with Gasteiger partial charge in [0.1, 0.15) is 11.6 Å². The summed E-state index contributed by atoms with van der Waals surface area (Å²) in [7, 11) is 0. The fourth-order valence-corrected chi connectivity index (χ4v) is 8.09. The largest absolute Gasteiger partial charge is 0.299 e. The summed E-state index contributed by atoms with van der Waals surface area (Å²) >= 11 is 0. The van der Waals surface area contributed by atoms with Crippen LogP contribution >= 0.6 is 0 Å². The Balaban J connectivity index is 0.000000181. The summed E-state index contributed by atoms with van der Waals surface area (Å²) in [6.45, 7) is 18.6. The Morgan fingerprint density at radius 3 is 1.22 bits per heavy atom. The van der Waals surface area contributed by atoms with Gasteiger partial charge in [-0.2, -0.15) is 0 Å². The molecule has 4 aliphatic rings. The van der Waals surface area contributed by atoms with Crippen molar-refractivity contribution in [2.75, 3.05) is 0 Å². The second-order valence-corrected chi connectivity index (χ2v) is 13.3. The molecule has 0 heterocycles. The van der Waals surface area contributed by atoms with Crippen molar-refractivity contribution in [3.8, 4) is 0 Å². The van der Waals surface area contributed by atoms with E-state index in [0.717, 1.165) is 36.5 Å². The third-order valence-corrected chi connectivity index (χ3v) is 10.4. The molecule has 0 bridgehead atoms. The minimum Gasteiger partial charge on any atom is -0.299 e. The average Bonchev–Trinajstić information content (AvgIpc) is 2.97. The Bertz CT molecular complexity index is 593. The molecule has 0 aromatic carbocycles. The highest BCUT2D eigenvalue weighted by molar-refractivity contribution is 5.84. The molecule has 0 aliphatic heterocycles. The average molecular weight is 445 g/mol. The van der Waals surface area contributed by atoms with Crippen molar-refractivity contribution in [2.24, 2.45) is 71.0 Å². The van der Waals surface area contributed by atoms with Crippen LogP contribution in [0.1, 0.15) is 107 Å². The number of fused-ring (bicyclic) bond motifs is 2. The normalized spacial score (nSPS) is 44.6. The molecule has 4 rings (SSSR count). The molecule has 4 saturated carbocycles. The Kier molecular flexibility index (Phi) is 8.70. The number of Topliss-reactive ketones (excluding diaryl/α,β-unsaturated/α-hetero) is 2. The van der Waals surface area contributed by atoms with E-state index in [1.165, 1.54) is 38.5 Å². The third kappa shape index (κ3) is 5.52. The minimum atomic E-state index is 0.402. The predicted molar refractivity (Wildman–Crippen MR) is 134 cm³/mol. The summed E-state index contributed by atoms with van der Waals surface area (Å²) < 4.78 is 0. The number of carbonyl (C=O) groups excluding carboxylic acids is 2. The topological polar surface area (TPSA) is 34.1 Å². The van der Waals surface area contributed by atoms with E-state index < -0.39 is 0 Å². The Labute approximate surface area is 199 Å². The number of hydrogen-bond acceptors (Lipinski definition) is 2. The zero-order valence-corrected chi connectivity index (χ0v) is 22.4. The lowest BCUT2D eigenvalue weighted by Gasteiger charge is -2.26. The molecule has 0 radical (unpaired) electrons. The first-order valence-corrected chi connectivity index (χ1v) is 14.1. The van der Waals surface area contributed by atoms with Gasteiger partial charge in [-0.15, -0.1) is 0 Å². The van der Waals surface area contributed by atoms with Gasteiger partial charge in [0.05, 0.1) is 0 Å². The van der Waals surface area contributed by atoms with Crippen LogP contribution in [0.15, 0.2) is 0 Å². The highest BCUT2D eigenvalue weighted by Crippen LogP contribution is 2.49. The van der Waals surface area contributed by atoms with Crippen LogP contribution in [0.3, 0.4) is 0 Å². The van der Waals surface area contributed by atoms with E-state index >= 15 is 0 Å². The summed E-state index contributed by atoms with van der Waals surface area (Å²) in [6.07, 6.45) is 9.52. The van der Waals surface area contributed by atoms with Gasteiger partial charge in [-0.05, 0) is 97.7 Å². The van der Waals surface area contributed by atoms with Gasteiger partial charge in [-0.1, -0.05) is 55.4 Å². The van der Waals surface area contributed by atoms with Crippen molar-refractivity contribution in [1.29, 1.82) is 0 Å². The number of ketones is 2. The number of carbonyl (C=O) groups is 2. The second-order valence-electron chi connectivity index (χ2n) is 13.3. The first-order chi connectivity index (χ1) is 15.0. The Morgan fingerprint density at radius 1 is 0.562 bits per heavy atom. The standard InChI is InChI=1S/2C15H26O/c2*1-9(2)12-6-5-10(3)15-13(8-12)11(4)7-14(15)16/h2*9-13,15H,5-8H2,1-4H3/t10-,11-,12+,13+,15-;10-,11-,12+,13-,15+/m00/s1. The molecule has 0 aromatic heterocycles. The van der Waals surface area contributed by atoms with Crippen molar-refractivity contribution in [3.05, 3.63) is 0 Å². The van der Waals surface area contributed by atoms with E-state index in [1.54, 1.807) is 0 Å². The smallest absolute Gasteiger partial charge is 0.136 e. The zero-order chi connectivity index (χ0) is 23.7. The van der Waals surface area contributed by atoms with Crippen LogP contribution in [-0.4, -0.2) is 11.6 Å². The van der Waals surface area contributed by atoms with Crippen LogP contribution in [0.25, 0.3) is 0 Å². The van der Waals surface area contributed by atoms with Crippen molar-refractivity contribution < 1.29 is 9.59 Å². The van der Waals surface area contributed by atoms with Gasteiger partial charge in [0.2, 0.25) is 0 Å². The lowest BCUT2D eigenvalue weighted by molar-refractivity contribution is -0.123. The zero-order valence-electron chi connectivity index (χ0n) is 22.4. The van der Waals surface area contributed by atoms with Gasteiger partial charge in [-0.25, -0.2) is 0 Å². The summed E-state index contributed by atoms with van der Waals surface area (Å²) in [5.41, 5.74) is 0. The van der Waals surface area contributed by atoms with Gasteiger partial charge in [-0.3, -0.25) is 9.59 Å². The van der Waals surface area contributed by atoms with Crippen LogP contribution in [-0.2, 0) is 9.59 Å². The lowest BCUT2D eigenvalue weighted by Crippen LogP contribution is -2.23. The molecule has 0 unspecified atom stereocenters. The number of hydrogen-bond donors (Lipinski definition) is 0. The monoisotopic (exact) mass is 444 g/mol. The van der Waals surface area contributed by atoms with Crippen molar-refractivity contribution in [3.63, 3.8) is 0 Å². The first kappa shape index (κ1) is 26.0. The first-order valence-electron chi connectivity index (χ1n) is 14.1. The molecular formula is C30H52O2. The molecule has 4 aliphatic carbocycles. The molecule has 0 aromatic rings. The fraction of sp³-hybridized carbons (Fsp3) is 0.933. The quantitative estimate of drug-likeness (QED) is 0.434. The van der Waals surface area contributed by atoms with E-state index in [9.17, 15) is 9.59 Å². The molecule has 0 saturated heterocycles. The highest BCUT2D eigenvalue weighted by atomic mass is 16.1. The van der Waals surface area contributed by atoms with E-state index in [2.05, 4.69) is 55.4 Å². The molecular weight excluding hydrogens is 392 g/mol. The molecule has 2 nitrogen and oxygen atoms in total. The second kappa shape index (κ2) is 10.7.